The fraction of sp³-hybridized carbons (Fsp3) is 0.500. The quantitative estimate of drug-likeness (QED) is 0.771. The third-order valence-corrected chi connectivity index (χ3v) is 3.15. The minimum absolute atomic E-state index is 0.249. The number of carbonyl (C=O) groups is 1. The van der Waals surface area contributed by atoms with Gasteiger partial charge in [0.15, 0.2) is 0 Å². The van der Waals surface area contributed by atoms with Crippen molar-refractivity contribution in [2.45, 2.75) is 31.2 Å². The summed E-state index contributed by atoms with van der Waals surface area (Å²) in [6, 6.07) is 0.589. The molecule has 1 aromatic heterocycles. The highest BCUT2D eigenvalue weighted by Gasteiger charge is 2.33. The lowest BCUT2D eigenvalue weighted by atomic mass is 10.2. The molecule has 21 heavy (non-hydrogen) atoms. The van der Waals surface area contributed by atoms with Crippen molar-refractivity contribution in [3.05, 3.63) is 28.2 Å². The van der Waals surface area contributed by atoms with E-state index in [-0.39, 0.29) is 12.6 Å². The summed E-state index contributed by atoms with van der Waals surface area (Å²) in [7, 11) is 0. The lowest BCUT2D eigenvalue weighted by Crippen LogP contribution is -2.32. The SMILES string of the molecule is NC[C@H]1CC[C@@H](C(=O)Nc2cc(C(F)(F)F)c[nH]c2=O)O1. The van der Waals surface area contributed by atoms with E-state index < -0.39 is 35.0 Å². The van der Waals surface area contributed by atoms with E-state index in [4.69, 9.17) is 10.5 Å². The maximum Gasteiger partial charge on any atom is 0.417 e. The summed E-state index contributed by atoms with van der Waals surface area (Å²) in [5.41, 5.74) is 3.07. The van der Waals surface area contributed by atoms with Crippen molar-refractivity contribution in [1.29, 1.82) is 0 Å². The van der Waals surface area contributed by atoms with Crippen LogP contribution in [-0.4, -0.2) is 29.6 Å². The molecule has 1 aliphatic rings. The Morgan fingerprint density at radius 1 is 1.48 bits per heavy atom. The van der Waals surface area contributed by atoms with E-state index in [2.05, 4.69) is 5.32 Å². The summed E-state index contributed by atoms with van der Waals surface area (Å²) in [4.78, 5) is 25.3. The van der Waals surface area contributed by atoms with Gasteiger partial charge in [-0.25, -0.2) is 0 Å². The van der Waals surface area contributed by atoms with E-state index in [0.717, 1.165) is 0 Å². The maximum atomic E-state index is 12.6. The van der Waals surface area contributed by atoms with E-state index in [1.807, 2.05) is 4.98 Å². The fourth-order valence-electron chi connectivity index (χ4n) is 2.03. The van der Waals surface area contributed by atoms with Crippen LogP contribution in [-0.2, 0) is 15.7 Å². The fourth-order valence-corrected chi connectivity index (χ4v) is 2.03. The number of nitrogens with one attached hydrogen (secondary N) is 2. The highest BCUT2D eigenvalue weighted by atomic mass is 19.4. The van der Waals surface area contributed by atoms with Gasteiger partial charge in [0.05, 0.1) is 11.7 Å². The molecule has 1 amide bonds. The van der Waals surface area contributed by atoms with Crippen LogP contribution in [0.4, 0.5) is 18.9 Å². The normalized spacial score (nSPS) is 22.3. The van der Waals surface area contributed by atoms with Crippen LogP contribution in [0.5, 0.6) is 0 Å². The van der Waals surface area contributed by atoms with Gasteiger partial charge in [-0.15, -0.1) is 0 Å². The van der Waals surface area contributed by atoms with E-state index in [9.17, 15) is 22.8 Å². The second-order valence-corrected chi connectivity index (χ2v) is 4.68. The molecule has 0 saturated carbocycles. The van der Waals surface area contributed by atoms with E-state index in [0.29, 0.717) is 25.1 Å². The predicted molar refractivity (Wildman–Crippen MR) is 67.6 cm³/mol. The van der Waals surface area contributed by atoms with Crippen molar-refractivity contribution < 1.29 is 22.7 Å². The van der Waals surface area contributed by atoms with Crippen LogP contribution in [0.25, 0.3) is 0 Å². The molecule has 0 bridgehead atoms. The summed E-state index contributed by atoms with van der Waals surface area (Å²) in [6.07, 6.45) is -4.13. The number of aromatic nitrogens is 1. The van der Waals surface area contributed by atoms with Gasteiger partial charge >= 0.3 is 6.18 Å². The van der Waals surface area contributed by atoms with Crippen LogP contribution < -0.4 is 16.6 Å². The number of alkyl halides is 3. The van der Waals surface area contributed by atoms with Crippen LogP contribution in [0.3, 0.4) is 0 Å². The number of halogens is 3. The summed E-state index contributed by atoms with van der Waals surface area (Å²) in [5.74, 6) is -0.657. The van der Waals surface area contributed by atoms with Gasteiger partial charge in [-0.05, 0) is 18.9 Å². The molecule has 0 unspecified atom stereocenters. The lowest BCUT2D eigenvalue weighted by molar-refractivity contribution is -0.137. The first-order valence-electron chi connectivity index (χ1n) is 6.27. The number of nitrogens with two attached hydrogens (primary N) is 1. The second kappa shape index (κ2) is 5.86. The molecule has 1 aromatic rings. The van der Waals surface area contributed by atoms with Crippen LogP contribution in [0.15, 0.2) is 17.1 Å². The Kier molecular flexibility index (Phi) is 4.33. The lowest BCUT2D eigenvalue weighted by Gasteiger charge is -2.13. The molecule has 9 heteroatoms. The molecular formula is C12H14F3N3O3. The Bertz CT molecular complexity index is 585. The first-order chi connectivity index (χ1) is 9.81. The highest BCUT2D eigenvalue weighted by molar-refractivity contribution is 5.94. The molecule has 6 nitrogen and oxygen atoms in total. The van der Waals surface area contributed by atoms with Crippen molar-refractivity contribution in [1.82, 2.24) is 4.98 Å². The molecule has 1 aliphatic heterocycles. The number of rotatable bonds is 3. The highest BCUT2D eigenvalue weighted by Crippen LogP contribution is 2.29. The average molecular weight is 305 g/mol. The molecule has 2 atom stereocenters. The Balaban J connectivity index is 2.12. The molecule has 0 radical (unpaired) electrons. The van der Waals surface area contributed by atoms with Gasteiger partial charge in [0.25, 0.3) is 11.5 Å². The van der Waals surface area contributed by atoms with E-state index >= 15 is 0 Å². The van der Waals surface area contributed by atoms with Crippen molar-refractivity contribution >= 4 is 11.6 Å². The Labute approximate surface area is 117 Å². The van der Waals surface area contributed by atoms with Gasteiger partial charge < -0.3 is 20.8 Å². The minimum atomic E-state index is -4.61. The van der Waals surface area contributed by atoms with Crippen molar-refractivity contribution in [2.24, 2.45) is 5.73 Å². The van der Waals surface area contributed by atoms with Gasteiger partial charge in [0.1, 0.15) is 11.8 Å². The molecule has 2 heterocycles. The Morgan fingerprint density at radius 3 is 2.76 bits per heavy atom. The molecule has 0 aliphatic carbocycles. The van der Waals surface area contributed by atoms with Crippen molar-refractivity contribution in [3.8, 4) is 0 Å². The number of pyridine rings is 1. The molecule has 116 valence electrons. The maximum absolute atomic E-state index is 12.6. The number of ether oxygens (including phenoxy) is 1. The van der Waals surface area contributed by atoms with E-state index in [1.54, 1.807) is 0 Å². The van der Waals surface area contributed by atoms with Gasteiger partial charge in [-0.3, -0.25) is 9.59 Å². The number of H-pyrrole nitrogens is 1. The van der Waals surface area contributed by atoms with Gasteiger partial charge in [-0.2, -0.15) is 13.2 Å². The number of hydrogen-bond acceptors (Lipinski definition) is 4. The Morgan fingerprint density at radius 2 is 2.19 bits per heavy atom. The monoisotopic (exact) mass is 305 g/mol. The van der Waals surface area contributed by atoms with Crippen molar-refractivity contribution in [3.63, 3.8) is 0 Å². The zero-order valence-electron chi connectivity index (χ0n) is 10.9. The largest absolute Gasteiger partial charge is 0.417 e. The number of anilines is 1. The number of amides is 1. The number of carbonyl (C=O) groups excluding carboxylic acids is 1. The standard InChI is InChI=1S/C12H14F3N3O3/c13-12(14,15)6-3-8(10(19)17-5-6)18-11(20)9-2-1-7(4-16)21-9/h3,5,7,9H,1-2,4,16H2,(H,17,19)(H,18,20)/t7-,9+/m1/s1. The zero-order chi connectivity index (χ0) is 15.6. The van der Waals surface area contributed by atoms with Gasteiger partial charge in [0, 0.05) is 12.7 Å². The topological polar surface area (TPSA) is 97.2 Å². The summed E-state index contributed by atoms with van der Waals surface area (Å²) in [5, 5.41) is 2.16. The summed E-state index contributed by atoms with van der Waals surface area (Å²) in [6.45, 7) is 0.258. The zero-order valence-corrected chi connectivity index (χ0v) is 10.9. The third kappa shape index (κ3) is 3.61. The molecule has 1 fully saturated rings. The number of hydrogen-bond donors (Lipinski definition) is 3. The molecular weight excluding hydrogens is 291 g/mol. The first kappa shape index (κ1) is 15.5. The van der Waals surface area contributed by atoms with Crippen LogP contribution in [0, 0.1) is 0 Å². The summed E-state index contributed by atoms with van der Waals surface area (Å²) >= 11 is 0. The van der Waals surface area contributed by atoms with Gasteiger partial charge in [0.2, 0.25) is 0 Å². The minimum Gasteiger partial charge on any atom is -0.364 e. The van der Waals surface area contributed by atoms with E-state index in [1.165, 1.54) is 0 Å². The van der Waals surface area contributed by atoms with Crippen molar-refractivity contribution in [2.75, 3.05) is 11.9 Å². The summed E-state index contributed by atoms with van der Waals surface area (Å²) < 4.78 is 43.0. The molecule has 0 aromatic carbocycles. The smallest absolute Gasteiger partial charge is 0.364 e. The van der Waals surface area contributed by atoms with Crippen LogP contribution in [0.1, 0.15) is 18.4 Å². The average Bonchev–Trinajstić information content (AvgIpc) is 2.88. The molecule has 0 spiro atoms. The van der Waals surface area contributed by atoms with Crippen LogP contribution >= 0.6 is 0 Å². The third-order valence-electron chi connectivity index (χ3n) is 3.15. The second-order valence-electron chi connectivity index (χ2n) is 4.68. The van der Waals surface area contributed by atoms with Crippen LogP contribution in [0.2, 0.25) is 0 Å². The van der Waals surface area contributed by atoms with Gasteiger partial charge in [-0.1, -0.05) is 0 Å². The Hall–Kier alpha value is -1.87. The molecule has 2 rings (SSSR count). The molecule has 4 N–H and O–H groups in total. The first-order valence-corrected chi connectivity index (χ1v) is 6.27. The predicted octanol–water partition coefficient (Wildman–Crippen LogP) is 0.838. The number of aromatic amines is 1. The molecule has 1 saturated heterocycles.